The Kier molecular flexibility index (Phi) is 10.8. The Balaban J connectivity index is 0.000000985. The molecule has 2 unspecified atom stereocenters. The van der Waals surface area contributed by atoms with Crippen molar-refractivity contribution < 1.29 is 23.8 Å². The zero-order chi connectivity index (χ0) is 32.8. The van der Waals surface area contributed by atoms with Crippen molar-refractivity contribution in [3.63, 3.8) is 0 Å². The van der Waals surface area contributed by atoms with Crippen molar-refractivity contribution >= 4 is 55.7 Å². The maximum Gasteiger partial charge on any atom is 0.300 e. The van der Waals surface area contributed by atoms with Gasteiger partial charge in [-0.2, -0.15) is 0 Å². The number of anilines is 1. The predicted octanol–water partition coefficient (Wildman–Crippen LogP) is 5.68. The zero-order valence-corrected chi connectivity index (χ0v) is 28.3. The first-order valence-electron chi connectivity index (χ1n) is 15.9. The van der Waals surface area contributed by atoms with E-state index < -0.39 is 5.97 Å². The van der Waals surface area contributed by atoms with Crippen LogP contribution in [0.4, 0.5) is 5.82 Å². The van der Waals surface area contributed by atoms with Crippen molar-refractivity contribution in [3.8, 4) is 0 Å². The summed E-state index contributed by atoms with van der Waals surface area (Å²) >= 11 is 3.47. The summed E-state index contributed by atoms with van der Waals surface area (Å²) in [4.78, 5) is 51.3. The van der Waals surface area contributed by atoms with Crippen molar-refractivity contribution in [2.75, 3.05) is 44.3 Å². The smallest absolute Gasteiger partial charge is 0.300 e. The Bertz CT molecular complexity index is 1750. The number of furan rings is 1. The van der Waals surface area contributed by atoms with Crippen molar-refractivity contribution in [2.45, 2.75) is 64.7 Å². The molecule has 0 bridgehead atoms. The number of aromatic nitrogens is 3. The lowest BCUT2D eigenvalue weighted by Crippen LogP contribution is -2.51. The number of rotatable bonds is 9. The molecule has 2 N–H and O–H groups in total. The fraction of sp³-hybridized carbons (Fsp3) is 0.500. The monoisotopic (exact) mass is 695 g/mol. The van der Waals surface area contributed by atoms with Crippen LogP contribution in [0.1, 0.15) is 64.3 Å². The van der Waals surface area contributed by atoms with Gasteiger partial charge in [0.15, 0.2) is 11.4 Å². The van der Waals surface area contributed by atoms with E-state index in [1.165, 1.54) is 0 Å². The standard InChI is InChI=1S/C32H38BrN5O4.C2H4O2/c1-21-20-38(15-12-32(21,2)24-18-22(33)19-34-31(24)40)27(39)11-17-41-16-7-10-26-35-28-23-8-3-4-9-25(23)42-29(28)30(36-26)37-13-5-6-14-37;1-2(3)4/h3-4,8-9,18-19,21H,5-7,10-17,20H2,1-2H3,(H,34,40);1H3,(H,3,4). The maximum absolute atomic E-state index is 13.0. The van der Waals surface area contributed by atoms with E-state index >= 15 is 0 Å². The van der Waals surface area contributed by atoms with Gasteiger partial charge in [-0.3, -0.25) is 14.4 Å². The fourth-order valence-electron chi connectivity index (χ4n) is 6.37. The van der Waals surface area contributed by atoms with Gasteiger partial charge in [0.1, 0.15) is 16.9 Å². The molecule has 0 spiro atoms. The second-order valence-corrected chi connectivity index (χ2v) is 13.3. The topological polar surface area (TPSA) is 142 Å². The highest BCUT2D eigenvalue weighted by Crippen LogP contribution is 2.39. The van der Waals surface area contributed by atoms with Gasteiger partial charge in [0.05, 0.1) is 13.0 Å². The first-order valence-corrected chi connectivity index (χ1v) is 16.7. The van der Waals surface area contributed by atoms with Gasteiger partial charge in [-0.1, -0.05) is 26.0 Å². The average Bonchev–Trinajstić information content (AvgIpc) is 3.69. The molecule has 2 atom stereocenters. The highest BCUT2D eigenvalue weighted by molar-refractivity contribution is 9.10. The summed E-state index contributed by atoms with van der Waals surface area (Å²) in [6, 6.07) is 9.93. The number of nitrogens with one attached hydrogen (secondary N) is 1. The Morgan fingerprint density at radius 1 is 1.17 bits per heavy atom. The van der Waals surface area contributed by atoms with Gasteiger partial charge in [-0.25, -0.2) is 9.97 Å². The number of halogens is 1. The minimum Gasteiger partial charge on any atom is -0.481 e. The summed E-state index contributed by atoms with van der Waals surface area (Å²) in [7, 11) is 0. The van der Waals surface area contributed by atoms with E-state index in [9.17, 15) is 9.59 Å². The molecule has 1 amide bonds. The molecule has 6 rings (SSSR count). The largest absolute Gasteiger partial charge is 0.481 e. The molecular formula is C34H42BrN5O6. The summed E-state index contributed by atoms with van der Waals surface area (Å²) in [5.41, 5.74) is 2.91. The number of para-hydroxylation sites is 1. The van der Waals surface area contributed by atoms with Crippen molar-refractivity contribution in [1.82, 2.24) is 19.9 Å². The second kappa shape index (κ2) is 14.8. The molecule has 2 aliphatic rings. The SMILES string of the molecule is CC(=O)O.CC1CN(C(=O)CCOCCCc2nc(N3CCCC3)c3oc4ccccc4c3n2)CCC1(C)c1cc(Br)c[nH]c1=O. The normalized spacial score (nSPS) is 19.8. The Labute approximate surface area is 276 Å². The first kappa shape index (κ1) is 33.6. The van der Waals surface area contributed by atoms with Crippen molar-refractivity contribution in [3.05, 3.63) is 62.7 Å². The number of likely N-dealkylation sites (tertiary alicyclic amines) is 1. The predicted molar refractivity (Wildman–Crippen MR) is 180 cm³/mol. The lowest BCUT2D eigenvalue weighted by molar-refractivity contribution is -0.135. The molecule has 0 saturated carbocycles. The lowest BCUT2D eigenvalue weighted by Gasteiger charge is -2.44. The van der Waals surface area contributed by atoms with E-state index in [-0.39, 0.29) is 22.8 Å². The Hall–Kier alpha value is -3.77. The van der Waals surface area contributed by atoms with Crippen molar-refractivity contribution in [2.24, 2.45) is 5.92 Å². The summed E-state index contributed by atoms with van der Waals surface area (Å²) in [6.45, 7) is 9.49. The van der Waals surface area contributed by atoms with Gasteiger partial charge in [-0.05, 0) is 65.7 Å². The third-order valence-electron chi connectivity index (χ3n) is 9.12. The van der Waals surface area contributed by atoms with E-state index in [0.29, 0.717) is 39.1 Å². The molecule has 246 valence electrons. The number of amides is 1. The van der Waals surface area contributed by atoms with Crippen LogP contribution < -0.4 is 10.5 Å². The molecule has 0 aliphatic carbocycles. The van der Waals surface area contributed by atoms with E-state index in [4.69, 9.17) is 29.0 Å². The average molecular weight is 697 g/mol. The Morgan fingerprint density at radius 2 is 1.91 bits per heavy atom. The number of fused-ring (bicyclic) bond motifs is 3. The van der Waals surface area contributed by atoms with Crippen LogP contribution in [0.3, 0.4) is 0 Å². The number of aromatic amines is 1. The molecule has 5 heterocycles. The number of hydrogen-bond acceptors (Lipinski definition) is 8. The van der Waals surface area contributed by atoms with Gasteiger partial charge in [0, 0.05) is 73.2 Å². The molecule has 2 aliphatic heterocycles. The number of aryl methyl sites for hydroxylation is 1. The molecule has 0 radical (unpaired) electrons. The fourth-order valence-corrected chi connectivity index (χ4v) is 6.72. The van der Waals surface area contributed by atoms with Crippen LogP contribution in [0.25, 0.3) is 22.1 Å². The third-order valence-corrected chi connectivity index (χ3v) is 9.58. The van der Waals surface area contributed by atoms with Crippen LogP contribution in [-0.4, -0.2) is 76.2 Å². The number of H-pyrrole nitrogens is 1. The summed E-state index contributed by atoms with van der Waals surface area (Å²) in [5.74, 6) is 1.11. The molecule has 3 aromatic heterocycles. The minimum absolute atomic E-state index is 0.0589. The minimum atomic E-state index is -0.833. The van der Waals surface area contributed by atoms with E-state index in [1.807, 2.05) is 29.2 Å². The number of pyridine rings is 1. The number of nitrogens with zero attached hydrogens (tertiary/aromatic N) is 4. The number of carboxylic acid groups (broad SMARTS) is 1. The molecule has 46 heavy (non-hydrogen) atoms. The number of benzene rings is 1. The summed E-state index contributed by atoms with van der Waals surface area (Å²) < 4.78 is 12.9. The number of ether oxygens (including phenoxy) is 1. The van der Waals surface area contributed by atoms with Gasteiger partial charge < -0.3 is 29.0 Å². The molecule has 1 aromatic carbocycles. The molecule has 4 aromatic rings. The molecule has 2 fully saturated rings. The van der Waals surface area contributed by atoms with Crippen LogP contribution in [0, 0.1) is 5.92 Å². The number of aliphatic carboxylic acids is 1. The van der Waals surface area contributed by atoms with Crippen LogP contribution in [0.5, 0.6) is 0 Å². The van der Waals surface area contributed by atoms with Crippen LogP contribution in [0.2, 0.25) is 0 Å². The quantitative estimate of drug-likeness (QED) is 0.211. The molecule has 2 saturated heterocycles. The van der Waals surface area contributed by atoms with Crippen LogP contribution in [0.15, 0.2) is 50.2 Å². The van der Waals surface area contributed by atoms with Gasteiger partial charge >= 0.3 is 0 Å². The lowest BCUT2D eigenvalue weighted by atomic mass is 9.68. The van der Waals surface area contributed by atoms with E-state index in [2.05, 4.69) is 45.7 Å². The molecule has 12 heteroatoms. The Morgan fingerprint density at radius 3 is 2.65 bits per heavy atom. The number of carbonyl (C=O) groups is 2. The van der Waals surface area contributed by atoms with Crippen LogP contribution in [-0.2, 0) is 26.2 Å². The summed E-state index contributed by atoms with van der Waals surface area (Å²) in [6.07, 6.45) is 6.55. The molecular weight excluding hydrogens is 654 g/mol. The highest BCUT2D eigenvalue weighted by Gasteiger charge is 2.40. The zero-order valence-electron chi connectivity index (χ0n) is 26.7. The van der Waals surface area contributed by atoms with Crippen molar-refractivity contribution in [1.29, 1.82) is 0 Å². The number of hydrogen-bond donors (Lipinski definition) is 2. The van der Waals surface area contributed by atoms with Gasteiger partial charge in [0.2, 0.25) is 5.91 Å². The molecule has 11 nitrogen and oxygen atoms in total. The number of carbonyl (C=O) groups excluding carboxylic acids is 1. The summed E-state index contributed by atoms with van der Waals surface area (Å²) in [5, 5.41) is 8.43. The maximum atomic E-state index is 13.0. The van der Waals surface area contributed by atoms with E-state index in [1.54, 1.807) is 6.20 Å². The van der Waals surface area contributed by atoms with E-state index in [0.717, 1.165) is 89.4 Å². The number of piperidine rings is 1. The number of carboxylic acids is 1. The first-order chi connectivity index (χ1) is 22.1. The third kappa shape index (κ3) is 7.60. The second-order valence-electron chi connectivity index (χ2n) is 12.4. The van der Waals surface area contributed by atoms with Gasteiger partial charge in [0.25, 0.3) is 11.5 Å². The highest BCUT2D eigenvalue weighted by atomic mass is 79.9. The van der Waals surface area contributed by atoms with Gasteiger partial charge in [-0.15, -0.1) is 0 Å². The van der Waals surface area contributed by atoms with Crippen LogP contribution >= 0.6 is 15.9 Å².